The summed E-state index contributed by atoms with van der Waals surface area (Å²) < 4.78 is 0. The van der Waals surface area contributed by atoms with Crippen molar-refractivity contribution < 1.29 is 9.72 Å². The molecule has 29 heavy (non-hydrogen) atoms. The molecule has 0 bridgehead atoms. The van der Waals surface area contributed by atoms with E-state index in [9.17, 15) is 14.9 Å². The van der Waals surface area contributed by atoms with Gasteiger partial charge in [-0.25, -0.2) is 0 Å². The van der Waals surface area contributed by atoms with Gasteiger partial charge in [0.15, 0.2) is 0 Å². The van der Waals surface area contributed by atoms with E-state index in [1.54, 1.807) is 23.1 Å². The van der Waals surface area contributed by atoms with E-state index < -0.39 is 4.92 Å². The van der Waals surface area contributed by atoms with E-state index in [2.05, 4.69) is 26.0 Å². The van der Waals surface area contributed by atoms with Gasteiger partial charge < -0.3 is 9.80 Å². The number of nitro groups is 1. The number of carbonyl (C=O) groups excluding carboxylic acids is 1. The first-order valence-corrected chi connectivity index (χ1v) is 9.99. The third-order valence-corrected chi connectivity index (χ3v) is 5.40. The summed E-state index contributed by atoms with van der Waals surface area (Å²) in [4.78, 5) is 27.0. The number of benzene rings is 2. The molecule has 1 saturated heterocycles. The lowest BCUT2D eigenvalue weighted by Gasteiger charge is -2.35. The van der Waals surface area contributed by atoms with Crippen LogP contribution in [0.5, 0.6) is 0 Å². The number of anilines is 1. The summed E-state index contributed by atoms with van der Waals surface area (Å²) in [5.41, 5.74) is 2.65. The zero-order valence-electron chi connectivity index (χ0n) is 16.5. The molecular formula is C22H24ClN3O3. The third-order valence-electron chi connectivity index (χ3n) is 5.09. The Balaban J connectivity index is 1.62. The number of nitrogens with zero attached hydrogens (tertiary/aromatic N) is 3. The van der Waals surface area contributed by atoms with Gasteiger partial charge in [0.1, 0.15) is 5.69 Å². The SMILES string of the molecule is CC(C)c1ccc(/C=C/C(=O)N2CCN(c3c(Cl)cccc3[N+](=O)[O-])CC2)cc1. The monoisotopic (exact) mass is 413 g/mol. The molecule has 7 heteroatoms. The molecule has 1 aliphatic heterocycles. The maximum atomic E-state index is 12.5. The first-order valence-electron chi connectivity index (χ1n) is 9.61. The average molecular weight is 414 g/mol. The van der Waals surface area contributed by atoms with Crippen LogP contribution in [0.25, 0.3) is 6.08 Å². The zero-order chi connectivity index (χ0) is 21.0. The van der Waals surface area contributed by atoms with Crippen LogP contribution in [0.15, 0.2) is 48.5 Å². The van der Waals surface area contributed by atoms with Gasteiger partial charge in [-0.1, -0.05) is 55.8 Å². The number of amides is 1. The Bertz CT molecular complexity index is 917. The smallest absolute Gasteiger partial charge is 0.294 e. The summed E-state index contributed by atoms with van der Waals surface area (Å²) in [7, 11) is 0. The predicted octanol–water partition coefficient (Wildman–Crippen LogP) is 4.73. The fourth-order valence-electron chi connectivity index (χ4n) is 3.38. The average Bonchev–Trinajstić information content (AvgIpc) is 2.72. The van der Waals surface area contributed by atoms with E-state index in [-0.39, 0.29) is 11.6 Å². The fraction of sp³-hybridized carbons (Fsp3) is 0.318. The van der Waals surface area contributed by atoms with Gasteiger partial charge in [0.2, 0.25) is 5.91 Å². The number of rotatable bonds is 5. The van der Waals surface area contributed by atoms with Crippen LogP contribution in [0.3, 0.4) is 0 Å². The second-order valence-electron chi connectivity index (χ2n) is 7.33. The summed E-state index contributed by atoms with van der Waals surface area (Å²) in [6.07, 6.45) is 3.40. The molecule has 6 nitrogen and oxygen atoms in total. The van der Waals surface area contributed by atoms with Crippen molar-refractivity contribution in [2.45, 2.75) is 19.8 Å². The normalized spacial score (nSPS) is 14.6. The standard InChI is InChI=1S/C22H24ClN3O3/c1-16(2)18-9-6-17(7-10-18)8-11-21(27)24-12-14-25(15-13-24)22-19(23)4-3-5-20(22)26(28)29/h3-11,16H,12-15H2,1-2H3/b11-8+. The van der Waals surface area contributed by atoms with Gasteiger partial charge in [-0.15, -0.1) is 0 Å². The second-order valence-corrected chi connectivity index (χ2v) is 7.74. The molecule has 1 aliphatic rings. The van der Waals surface area contributed by atoms with E-state index >= 15 is 0 Å². The van der Waals surface area contributed by atoms with Gasteiger partial charge in [0.25, 0.3) is 5.69 Å². The minimum absolute atomic E-state index is 0.0120. The Morgan fingerprint density at radius 1 is 1.10 bits per heavy atom. The van der Waals surface area contributed by atoms with Crippen LogP contribution in [-0.4, -0.2) is 41.9 Å². The number of hydrogen-bond donors (Lipinski definition) is 0. The Morgan fingerprint density at radius 2 is 1.76 bits per heavy atom. The van der Waals surface area contributed by atoms with Crippen LogP contribution in [0, 0.1) is 10.1 Å². The highest BCUT2D eigenvalue weighted by Crippen LogP contribution is 2.35. The highest BCUT2D eigenvalue weighted by atomic mass is 35.5. The van der Waals surface area contributed by atoms with Gasteiger partial charge in [-0.3, -0.25) is 14.9 Å². The molecular weight excluding hydrogens is 390 g/mol. The topological polar surface area (TPSA) is 66.7 Å². The van der Waals surface area contributed by atoms with Crippen molar-refractivity contribution in [1.82, 2.24) is 4.90 Å². The van der Waals surface area contributed by atoms with Crippen molar-refractivity contribution in [2.24, 2.45) is 0 Å². The van der Waals surface area contributed by atoms with Crippen molar-refractivity contribution >= 4 is 35.0 Å². The third kappa shape index (κ3) is 4.95. The Kier molecular flexibility index (Phi) is 6.54. The van der Waals surface area contributed by atoms with Crippen molar-refractivity contribution in [3.63, 3.8) is 0 Å². The molecule has 0 atom stereocenters. The van der Waals surface area contributed by atoms with Crippen LogP contribution in [0.2, 0.25) is 5.02 Å². The molecule has 0 aromatic heterocycles. The molecule has 0 saturated carbocycles. The molecule has 1 fully saturated rings. The first-order chi connectivity index (χ1) is 13.9. The largest absolute Gasteiger partial charge is 0.361 e. The van der Waals surface area contributed by atoms with Crippen molar-refractivity contribution in [3.05, 3.63) is 74.8 Å². The van der Waals surface area contributed by atoms with Crippen LogP contribution in [0.4, 0.5) is 11.4 Å². The lowest BCUT2D eigenvalue weighted by molar-refractivity contribution is -0.384. The number of hydrogen-bond acceptors (Lipinski definition) is 4. The van der Waals surface area contributed by atoms with Gasteiger partial charge in [-0.2, -0.15) is 0 Å². The second kappa shape index (κ2) is 9.09. The fourth-order valence-corrected chi connectivity index (χ4v) is 3.67. The zero-order valence-corrected chi connectivity index (χ0v) is 17.3. The molecule has 0 N–H and O–H groups in total. The summed E-state index contributed by atoms with van der Waals surface area (Å²) in [6, 6.07) is 12.8. The first kappa shape index (κ1) is 20.9. The van der Waals surface area contributed by atoms with E-state index in [1.807, 2.05) is 23.1 Å². The van der Waals surface area contributed by atoms with E-state index in [1.165, 1.54) is 11.6 Å². The molecule has 2 aromatic rings. The Hall–Kier alpha value is -2.86. The predicted molar refractivity (Wildman–Crippen MR) is 116 cm³/mol. The molecule has 0 unspecified atom stereocenters. The summed E-state index contributed by atoms with van der Waals surface area (Å²) >= 11 is 6.22. The lowest BCUT2D eigenvalue weighted by atomic mass is 10.0. The highest BCUT2D eigenvalue weighted by Gasteiger charge is 2.27. The molecule has 3 rings (SSSR count). The quantitative estimate of drug-likeness (QED) is 0.403. The maximum Gasteiger partial charge on any atom is 0.294 e. The Morgan fingerprint density at radius 3 is 2.34 bits per heavy atom. The summed E-state index contributed by atoms with van der Waals surface area (Å²) in [6.45, 7) is 6.24. The highest BCUT2D eigenvalue weighted by molar-refractivity contribution is 6.33. The minimum Gasteiger partial charge on any atom is -0.361 e. The molecule has 0 spiro atoms. The van der Waals surface area contributed by atoms with Crippen LogP contribution >= 0.6 is 11.6 Å². The van der Waals surface area contributed by atoms with Crippen molar-refractivity contribution in [1.29, 1.82) is 0 Å². The van der Waals surface area contributed by atoms with E-state index in [0.29, 0.717) is 42.8 Å². The number of carbonyl (C=O) groups is 1. The molecule has 152 valence electrons. The van der Waals surface area contributed by atoms with Crippen LogP contribution in [0.1, 0.15) is 30.9 Å². The lowest BCUT2D eigenvalue weighted by Crippen LogP contribution is -2.48. The van der Waals surface area contributed by atoms with Crippen LogP contribution < -0.4 is 4.90 Å². The minimum atomic E-state index is -0.425. The van der Waals surface area contributed by atoms with E-state index in [4.69, 9.17) is 11.6 Å². The Labute approximate surface area is 175 Å². The van der Waals surface area contributed by atoms with Crippen molar-refractivity contribution in [3.8, 4) is 0 Å². The van der Waals surface area contributed by atoms with Gasteiger partial charge in [0, 0.05) is 38.3 Å². The van der Waals surface area contributed by atoms with Gasteiger partial charge >= 0.3 is 0 Å². The summed E-state index contributed by atoms with van der Waals surface area (Å²) in [5, 5.41) is 11.7. The van der Waals surface area contributed by atoms with Gasteiger partial charge in [0.05, 0.1) is 9.95 Å². The van der Waals surface area contributed by atoms with E-state index in [0.717, 1.165) is 5.56 Å². The molecule has 1 amide bonds. The molecule has 2 aromatic carbocycles. The molecule has 1 heterocycles. The van der Waals surface area contributed by atoms with Crippen LogP contribution in [-0.2, 0) is 4.79 Å². The van der Waals surface area contributed by atoms with Crippen molar-refractivity contribution in [2.75, 3.05) is 31.1 Å². The number of piperazine rings is 1. The van der Waals surface area contributed by atoms with Gasteiger partial charge in [-0.05, 0) is 29.2 Å². The molecule has 0 radical (unpaired) electrons. The summed E-state index contributed by atoms with van der Waals surface area (Å²) in [5.74, 6) is 0.408. The number of halogens is 1. The maximum absolute atomic E-state index is 12.5. The molecule has 0 aliphatic carbocycles. The number of nitro benzene ring substituents is 1. The number of para-hydroxylation sites is 1.